The summed E-state index contributed by atoms with van der Waals surface area (Å²) in [6, 6.07) is 7.14. The molecular weight excluding hydrogens is 251 g/mol. The van der Waals surface area contributed by atoms with Crippen molar-refractivity contribution < 1.29 is 4.39 Å². The summed E-state index contributed by atoms with van der Waals surface area (Å²) >= 11 is 0. The lowest BCUT2D eigenvalue weighted by Gasteiger charge is -2.29. The number of hydrogen-bond acceptors (Lipinski definition) is 2. The Bertz CT molecular complexity index is 364. The third kappa shape index (κ3) is 5.59. The first-order chi connectivity index (χ1) is 9.58. The van der Waals surface area contributed by atoms with Gasteiger partial charge in [-0.05, 0) is 50.4 Å². The fraction of sp³-hybridized carbons (Fsp3) is 0.647. The van der Waals surface area contributed by atoms with Crippen molar-refractivity contribution in [2.45, 2.75) is 58.5 Å². The molecule has 2 unspecified atom stereocenters. The van der Waals surface area contributed by atoms with Crippen molar-refractivity contribution in [1.82, 2.24) is 4.90 Å². The van der Waals surface area contributed by atoms with E-state index in [0.717, 1.165) is 31.5 Å². The Morgan fingerprint density at radius 2 is 1.80 bits per heavy atom. The first kappa shape index (κ1) is 17.1. The van der Waals surface area contributed by atoms with Crippen molar-refractivity contribution in [1.29, 1.82) is 0 Å². The third-order valence-electron chi connectivity index (χ3n) is 4.04. The number of nitrogens with zero attached hydrogens (tertiary/aromatic N) is 1. The van der Waals surface area contributed by atoms with Gasteiger partial charge >= 0.3 is 0 Å². The lowest BCUT2D eigenvalue weighted by atomic mass is 10.0. The summed E-state index contributed by atoms with van der Waals surface area (Å²) in [5, 5.41) is 0. The predicted molar refractivity (Wildman–Crippen MR) is 84.2 cm³/mol. The molecule has 0 amide bonds. The molecule has 2 N–H and O–H groups in total. The highest BCUT2D eigenvalue weighted by Crippen LogP contribution is 2.16. The summed E-state index contributed by atoms with van der Waals surface area (Å²) in [6.07, 6.45) is 4.53. The van der Waals surface area contributed by atoms with Crippen LogP contribution in [0.4, 0.5) is 4.39 Å². The molecule has 3 heteroatoms. The Morgan fingerprint density at radius 3 is 2.35 bits per heavy atom. The number of rotatable bonds is 9. The van der Waals surface area contributed by atoms with E-state index in [2.05, 4.69) is 25.7 Å². The number of nitrogens with two attached hydrogens (primary N) is 1. The highest BCUT2D eigenvalue weighted by molar-refractivity contribution is 5.19. The van der Waals surface area contributed by atoms with Gasteiger partial charge in [-0.1, -0.05) is 32.4 Å². The zero-order valence-electron chi connectivity index (χ0n) is 13.1. The molecule has 1 aromatic carbocycles. The van der Waals surface area contributed by atoms with E-state index >= 15 is 0 Å². The summed E-state index contributed by atoms with van der Waals surface area (Å²) in [7, 11) is 0. The van der Waals surface area contributed by atoms with E-state index < -0.39 is 0 Å². The molecule has 0 saturated carbocycles. The van der Waals surface area contributed by atoms with Crippen molar-refractivity contribution >= 4 is 0 Å². The maximum atomic E-state index is 12.9. The van der Waals surface area contributed by atoms with E-state index in [-0.39, 0.29) is 11.9 Å². The lowest BCUT2D eigenvalue weighted by molar-refractivity contribution is 0.194. The number of benzene rings is 1. The van der Waals surface area contributed by atoms with Crippen LogP contribution in [0.1, 0.15) is 58.1 Å². The molecule has 2 nitrogen and oxygen atoms in total. The van der Waals surface area contributed by atoms with Crippen molar-refractivity contribution in [2.24, 2.45) is 5.73 Å². The summed E-state index contributed by atoms with van der Waals surface area (Å²) < 4.78 is 12.9. The molecule has 0 aliphatic heterocycles. The molecule has 0 saturated heterocycles. The third-order valence-corrected chi connectivity index (χ3v) is 4.04. The SMILES string of the molecule is CCCCN(CCC(N)c1ccc(F)cc1)C(C)CC. The van der Waals surface area contributed by atoms with Crippen molar-refractivity contribution in [3.8, 4) is 0 Å². The van der Waals surface area contributed by atoms with Gasteiger partial charge in [0.1, 0.15) is 5.82 Å². The maximum absolute atomic E-state index is 12.9. The molecule has 0 spiro atoms. The van der Waals surface area contributed by atoms with Crippen LogP contribution in [0, 0.1) is 5.82 Å². The molecule has 20 heavy (non-hydrogen) atoms. The molecule has 114 valence electrons. The van der Waals surface area contributed by atoms with Gasteiger partial charge in [0, 0.05) is 18.6 Å². The van der Waals surface area contributed by atoms with Crippen LogP contribution >= 0.6 is 0 Å². The van der Waals surface area contributed by atoms with Gasteiger partial charge in [-0.3, -0.25) is 0 Å². The second kappa shape index (κ2) is 9.09. The highest BCUT2D eigenvalue weighted by Gasteiger charge is 2.14. The topological polar surface area (TPSA) is 29.3 Å². The smallest absolute Gasteiger partial charge is 0.123 e. The van der Waals surface area contributed by atoms with Crippen LogP contribution < -0.4 is 5.73 Å². The standard InChI is InChI=1S/C17H29FN2/c1-4-6-12-20(14(3)5-2)13-11-17(19)15-7-9-16(18)10-8-15/h7-10,14,17H,4-6,11-13,19H2,1-3H3. The molecular formula is C17H29FN2. The van der Waals surface area contributed by atoms with Crippen molar-refractivity contribution in [3.05, 3.63) is 35.6 Å². The predicted octanol–water partition coefficient (Wildman–Crippen LogP) is 4.12. The van der Waals surface area contributed by atoms with E-state index in [0.29, 0.717) is 6.04 Å². The molecule has 0 radical (unpaired) electrons. The minimum Gasteiger partial charge on any atom is -0.324 e. The molecule has 0 aliphatic carbocycles. The van der Waals surface area contributed by atoms with E-state index in [1.54, 1.807) is 12.1 Å². The van der Waals surface area contributed by atoms with Gasteiger partial charge in [0.2, 0.25) is 0 Å². The van der Waals surface area contributed by atoms with Gasteiger partial charge in [0.25, 0.3) is 0 Å². The summed E-state index contributed by atoms with van der Waals surface area (Å²) in [4.78, 5) is 2.52. The minimum atomic E-state index is -0.204. The minimum absolute atomic E-state index is 0.0104. The second-order valence-electron chi connectivity index (χ2n) is 5.59. The number of hydrogen-bond donors (Lipinski definition) is 1. The largest absolute Gasteiger partial charge is 0.324 e. The van der Waals surface area contributed by atoms with Gasteiger partial charge in [0.15, 0.2) is 0 Å². The molecule has 1 aromatic rings. The molecule has 0 heterocycles. The summed E-state index contributed by atoms with van der Waals surface area (Å²) in [5.41, 5.74) is 7.23. The van der Waals surface area contributed by atoms with Crippen LogP contribution in [-0.4, -0.2) is 24.0 Å². The van der Waals surface area contributed by atoms with E-state index in [9.17, 15) is 4.39 Å². The average molecular weight is 280 g/mol. The van der Waals surface area contributed by atoms with Gasteiger partial charge in [-0.2, -0.15) is 0 Å². The normalized spacial score (nSPS) is 14.5. The number of unbranched alkanes of at least 4 members (excludes halogenated alkanes) is 1. The fourth-order valence-electron chi connectivity index (χ4n) is 2.35. The zero-order chi connectivity index (χ0) is 15.0. The lowest BCUT2D eigenvalue weighted by Crippen LogP contribution is -2.35. The maximum Gasteiger partial charge on any atom is 0.123 e. The second-order valence-corrected chi connectivity index (χ2v) is 5.59. The Balaban J connectivity index is 2.50. The van der Waals surface area contributed by atoms with Gasteiger partial charge in [-0.15, -0.1) is 0 Å². The van der Waals surface area contributed by atoms with Crippen LogP contribution in [0.3, 0.4) is 0 Å². The van der Waals surface area contributed by atoms with E-state index in [4.69, 9.17) is 5.73 Å². The van der Waals surface area contributed by atoms with Crippen LogP contribution in [0.25, 0.3) is 0 Å². The van der Waals surface area contributed by atoms with Crippen LogP contribution in [-0.2, 0) is 0 Å². The molecule has 0 aliphatic rings. The van der Waals surface area contributed by atoms with Crippen molar-refractivity contribution in [2.75, 3.05) is 13.1 Å². The Hall–Kier alpha value is -0.930. The Kier molecular flexibility index (Phi) is 7.78. The van der Waals surface area contributed by atoms with Gasteiger partial charge in [0.05, 0.1) is 0 Å². The quantitative estimate of drug-likeness (QED) is 0.737. The number of halogens is 1. The molecule has 2 atom stereocenters. The van der Waals surface area contributed by atoms with Crippen molar-refractivity contribution in [3.63, 3.8) is 0 Å². The first-order valence-electron chi connectivity index (χ1n) is 7.83. The fourth-order valence-corrected chi connectivity index (χ4v) is 2.35. The zero-order valence-corrected chi connectivity index (χ0v) is 13.1. The van der Waals surface area contributed by atoms with E-state index in [1.165, 1.54) is 25.0 Å². The highest BCUT2D eigenvalue weighted by atomic mass is 19.1. The van der Waals surface area contributed by atoms with Gasteiger partial charge < -0.3 is 10.6 Å². The van der Waals surface area contributed by atoms with E-state index in [1.807, 2.05) is 0 Å². The molecule has 0 fully saturated rings. The van der Waals surface area contributed by atoms with Crippen LogP contribution in [0.5, 0.6) is 0 Å². The van der Waals surface area contributed by atoms with Gasteiger partial charge in [-0.25, -0.2) is 4.39 Å². The molecule has 0 bridgehead atoms. The first-order valence-corrected chi connectivity index (χ1v) is 7.83. The molecule has 0 aromatic heterocycles. The summed E-state index contributed by atoms with van der Waals surface area (Å²) in [5.74, 6) is -0.204. The van der Waals surface area contributed by atoms with Crippen LogP contribution in [0.2, 0.25) is 0 Å². The molecule has 1 rings (SSSR count). The van der Waals surface area contributed by atoms with Crippen LogP contribution in [0.15, 0.2) is 24.3 Å². The Labute approximate surface area is 123 Å². The Morgan fingerprint density at radius 1 is 1.15 bits per heavy atom. The monoisotopic (exact) mass is 280 g/mol. The summed E-state index contributed by atoms with van der Waals surface area (Å²) in [6.45, 7) is 8.87. The average Bonchev–Trinajstić information content (AvgIpc) is 2.47.